The molecule has 1 atom stereocenters. The molecular weight excluding hydrogens is 581 g/mol. The van der Waals surface area contributed by atoms with Gasteiger partial charge in [0.1, 0.15) is 24.8 Å². The van der Waals surface area contributed by atoms with Gasteiger partial charge >= 0.3 is 18.1 Å². The number of urea groups is 1. The van der Waals surface area contributed by atoms with E-state index >= 15 is 0 Å². The number of fused-ring (bicyclic) bond motifs is 1. The van der Waals surface area contributed by atoms with Gasteiger partial charge in [0.15, 0.2) is 0 Å². The second-order valence-corrected chi connectivity index (χ2v) is 9.95. The van der Waals surface area contributed by atoms with Gasteiger partial charge in [0.05, 0.1) is 17.7 Å². The number of esters is 1. The lowest BCUT2D eigenvalue weighted by atomic mass is 10.1. The summed E-state index contributed by atoms with van der Waals surface area (Å²) < 4.78 is 24.0. The zero-order valence-electron chi connectivity index (χ0n) is 24.0. The molecule has 0 unspecified atom stereocenters. The van der Waals surface area contributed by atoms with Crippen LogP contribution in [0.5, 0.6) is 0 Å². The fourth-order valence-corrected chi connectivity index (χ4v) is 4.40. The van der Waals surface area contributed by atoms with Gasteiger partial charge in [0.2, 0.25) is 5.91 Å². The number of hydrogen-bond acceptors (Lipinski definition) is 7. The summed E-state index contributed by atoms with van der Waals surface area (Å²) in [5.41, 5.74) is 0.511. The Morgan fingerprint density at radius 2 is 1.81 bits per heavy atom. The van der Waals surface area contributed by atoms with Crippen molar-refractivity contribution < 1.29 is 33.0 Å². The summed E-state index contributed by atoms with van der Waals surface area (Å²) in [6.45, 7) is 1.73. The zero-order chi connectivity index (χ0) is 31.2. The monoisotopic (exact) mass is 615 g/mol. The molecule has 0 spiro atoms. The molecule has 43 heavy (non-hydrogen) atoms. The first-order chi connectivity index (χ1) is 20.7. The highest BCUT2D eigenvalue weighted by atomic mass is 35.5. The summed E-state index contributed by atoms with van der Waals surface area (Å²) >= 11 is 6.03. The minimum atomic E-state index is -0.739. The second kappa shape index (κ2) is 16.9. The summed E-state index contributed by atoms with van der Waals surface area (Å²) in [7, 11) is 1.59. The Hall–Kier alpha value is -4.45. The maximum absolute atomic E-state index is 13.8. The molecule has 0 fully saturated rings. The quantitative estimate of drug-likeness (QED) is 0.177. The first-order valence-corrected chi connectivity index (χ1v) is 14.2. The molecule has 4 amide bonds. The van der Waals surface area contributed by atoms with Crippen LogP contribution in [0.2, 0.25) is 5.02 Å². The number of amides is 4. The third-order valence-electron chi connectivity index (χ3n) is 6.55. The molecule has 11 nitrogen and oxygen atoms in total. The number of rotatable bonds is 14. The highest BCUT2D eigenvalue weighted by molar-refractivity contribution is 6.31. The number of nitrogens with one attached hydrogen (secondary N) is 3. The zero-order valence-corrected chi connectivity index (χ0v) is 24.8. The van der Waals surface area contributed by atoms with E-state index in [1.165, 1.54) is 17.0 Å². The topological polar surface area (TPSA) is 139 Å². The molecular formula is C30H35ClFN5O6. The van der Waals surface area contributed by atoms with Crippen LogP contribution in [0.25, 0.3) is 10.8 Å². The lowest BCUT2D eigenvalue weighted by Gasteiger charge is -2.28. The standard InChI is InChI=1S/C30H35ClFN5O6/c1-3-42-27(39)18-35-29(40)33-15-7-11-23(37(2)26(38)14-13-20-10-6-12-24(32)28(20)31)19-43-30(41)36-25-16-21-8-4-5-9-22(21)17-34-25/h4-6,8-10,12,16-17,23H,3,7,11,13-15,18-19H2,1-2H3,(H2,33,35,40)(H,34,36,41)/t23-/m0/s1. The second-order valence-electron chi connectivity index (χ2n) is 9.57. The maximum Gasteiger partial charge on any atom is 0.412 e. The molecule has 2 aromatic carbocycles. The number of aryl methyl sites for hydroxylation is 1. The molecule has 0 bridgehead atoms. The van der Waals surface area contributed by atoms with Crippen LogP contribution in [0, 0.1) is 5.82 Å². The van der Waals surface area contributed by atoms with Crippen LogP contribution < -0.4 is 16.0 Å². The minimum Gasteiger partial charge on any atom is -0.465 e. The summed E-state index contributed by atoms with van der Waals surface area (Å²) in [6.07, 6.45) is 1.99. The highest BCUT2D eigenvalue weighted by Gasteiger charge is 2.22. The van der Waals surface area contributed by atoms with Gasteiger partial charge < -0.3 is 25.0 Å². The number of anilines is 1. The number of hydrogen-bond donors (Lipinski definition) is 3. The molecule has 0 saturated heterocycles. The molecule has 0 aliphatic rings. The van der Waals surface area contributed by atoms with Gasteiger partial charge in [-0.15, -0.1) is 0 Å². The van der Waals surface area contributed by atoms with Crippen molar-refractivity contribution in [1.82, 2.24) is 20.5 Å². The summed E-state index contributed by atoms with van der Waals surface area (Å²) in [6, 6.07) is 12.6. The van der Waals surface area contributed by atoms with E-state index in [2.05, 4.69) is 20.9 Å². The van der Waals surface area contributed by atoms with Crippen molar-refractivity contribution in [3.8, 4) is 0 Å². The summed E-state index contributed by atoms with van der Waals surface area (Å²) in [5, 5.41) is 9.43. The Morgan fingerprint density at radius 1 is 1.05 bits per heavy atom. The molecule has 0 aliphatic carbocycles. The van der Waals surface area contributed by atoms with Crippen molar-refractivity contribution in [2.75, 3.05) is 38.7 Å². The number of carbonyl (C=O) groups excluding carboxylic acids is 4. The van der Waals surface area contributed by atoms with Gasteiger partial charge in [-0.3, -0.25) is 14.9 Å². The molecule has 0 radical (unpaired) electrons. The molecule has 0 aliphatic heterocycles. The molecule has 1 aromatic heterocycles. The lowest BCUT2D eigenvalue weighted by molar-refractivity contribution is -0.141. The average Bonchev–Trinajstić information content (AvgIpc) is 3.00. The molecule has 3 rings (SSSR count). The van der Waals surface area contributed by atoms with Crippen LogP contribution in [0.3, 0.4) is 0 Å². The Labute approximate surface area is 254 Å². The largest absolute Gasteiger partial charge is 0.465 e. The number of halogens is 2. The molecule has 3 N–H and O–H groups in total. The maximum atomic E-state index is 13.8. The van der Waals surface area contributed by atoms with Crippen LogP contribution >= 0.6 is 11.6 Å². The van der Waals surface area contributed by atoms with E-state index < -0.39 is 30.0 Å². The number of pyridine rings is 1. The molecule has 13 heteroatoms. The van der Waals surface area contributed by atoms with E-state index in [0.29, 0.717) is 24.2 Å². The summed E-state index contributed by atoms with van der Waals surface area (Å²) in [4.78, 5) is 54.7. The van der Waals surface area contributed by atoms with E-state index in [-0.39, 0.29) is 50.1 Å². The van der Waals surface area contributed by atoms with Crippen molar-refractivity contribution in [3.05, 3.63) is 71.1 Å². The first kappa shape index (κ1) is 33.1. The fourth-order valence-electron chi connectivity index (χ4n) is 4.18. The van der Waals surface area contributed by atoms with Gasteiger partial charge in [-0.2, -0.15) is 0 Å². The third kappa shape index (κ3) is 10.7. The van der Waals surface area contributed by atoms with Gasteiger partial charge in [-0.05, 0) is 49.3 Å². The average molecular weight is 616 g/mol. The van der Waals surface area contributed by atoms with E-state index in [4.69, 9.17) is 21.1 Å². The fraction of sp³-hybridized carbons (Fsp3) is 0.367. The summed E-state index contributed by atoms with van der Waals surface area (Å²) in [5.74, 6) is -1.05. The third-order valence-corrected chi connectivity index (χ3v) is 6.97. The highest BCUT2D eigenvalue weighted by Crippen LogP contribution is 2.22. The Bertz CT molecular complexity index is 1420. The van der Waals surface area contributed by atoms with Crippen LogP contribution in [-0.2, 0) is 25.5 Å². The number of carbonyl (C=O) groups is 4. The number of benzene rings is 2. The van der Waals surface area contributed by atoms with Crippen molar-refractivity contribution in [2.24, 2.45) is 0 Å². The van der Waals surface area contributed by atoms with Gasteiger partial charge in [-0.1, -0.05) is 48.0 Å². The van der Waals surface area contributed by atoms with Crippen LogP contribution in [0.15, 0.2) is 54.7 Å². The number of ether oxygens (including phenoxy) is 2. The molecule has 0 saturated carbocycles. The predicted octanol–water partition coefficient (Wildman–Crippen LogP) is 4.68. The van der Waals surface area contributed by atoms with E-state index in [0.717, 1.165) is 10.8 Å². The van der Waals surface area contributed by atoms with Gasteiger partial charge in [0, 0.05) is 31.6 Å². The van der Waals surface area contributed by atoms with Gasteiger partial charge in [0.25, 0.3) is 0 Å². The SMILES string of the molecule is CCOC(=O)CNC(=O)NCCC[C@@H](COC(=O)Nc1cc2ccccc2cn1)N(C)C(=O)CCc1cccc(F)c1Cl. The number of aromatic nitrogens is 1. The Kier molecular flexibility index (Phi) is 13.0. The van der Waals surface area contributed by atoms with E-state index in [9.17, 15) is 23.6 Å². The number of likely N-dealkylation sites (N-methyl/N-ethyl adjacent to an activating group) is 1. The van der Waals surface area contributed by atoms with Crippen LogP contribution in [-0.4, -0.2) is 73.3 Å². The lowest BCUT2D eigenvalue weighted by Crippen LogP contribution is -2.42. The molecule has 1 heterocycles. The van der Waals surface area contributed by atoms with E-state index in [1.54, 1.807) is 32.3 Å². The van der Waals surface area contributed by atoms with E-state index in [1.807, 2.05) is 24.3 Å². The Morgan fingerprint density at radius 3 is 2.58 bits per heavy atom. The van der Waals surface area contributed by atoms with Crippen LogP contribution in [0.1, 0.15) is 31.7 Å². The van der Waals surface area contributed by atoms with Crippen molar-refractivity contribution >= 4 is 52.2 Å². The molecule has 230 valence electrons. The van der Waals surface area contributed by atoms with Crippen molar-refractivity contribution in [1.29, 1.82) is 0 Å². The van der Waals surface area contributed by atoms with Crippen molar-refractivity contribution in [2.45, 2.75) is 38.6 Å². The molecule has 3 aromatic rings. The Balaban J connectivity index is 1.56. The smallest absolute Gasteiger partial charge is 0.412 e. The normalized spacial score (nSPS) is 11.3. The minimum absolute atomic E-state index is 0.0240. The predicted molar refractivity (Wildman–Crippen MR) is 160 cm³/mol. The number of nitrogens with zero attached hydrogens (tertiary/aromatic N) is 2. The first-order valence-electron chi connectivity index (χ1n) is 13.8. The van der Waals surface area contributed by atoms with Crippen LogP contribution in [0.4, 0.5) is 19.8 Å². The van der Waals surface area contributed by atoms with Crippen molar-refractivity contribution in [3.63, 3.8) is 0 Å². The van der Waals surface area contributed by atoms with Gasteiger partial charge in [-0.25, -0.2) is 19.0 Å².